The summed E-state index contributed by atoms with van der Waals surface area (Å²) in [6.07, 6.45) is -9.89. The third-order valence-corrected chi connectivity index (χ3v) is 7.67. The van der Waals surface area contributed by atoms with Gasteiger partial charge in [-0.1, -0.05) is 48.5 Å². The van der Waals surface area contributed by atoms with Crippen LogP contribution in [0, 0.1) is 13.8 Å². The van der Waals surface area contributed by atoms with Crippen molar-refractivity contribution in [1.29, 1.82) is 0 Å². The molecule has 0 spiro atoms. The van der Waals surface area contributed by atoms with Gasteiger partial charge in [0.15, 0.2) is 0 Å². The Morgan fingerprint density at radius 1 is 0.818 bits per heavy atom. The minimum atomic E-state index is -5.08. The molecule has 1 unspecified atom stereocenters. The van der Waals surface area contributed by atoms with E-state index in [1.807, 2.05) is 74.3 Å². The normalized spacial score (nSPS) is 15.7. The fourth-order valence-corrected chi connectivity index (χ4v) is 5.25. The van der Waals surface area contributed by atoms with Gasteiger partial charge in [0.1, 0.15) is 0 Å². The summed E-state index contributed by atoms with van der Waals surface area (Å²) in [5.41, 5.74) is 0.103. The van der Waals surface area contributed by atoms with Crippen LogP contribution in [0.15, 0.2) is 66.7 Å². The number of amides is 2. The Bertz CT molecular complexity index is 1430. The Morgan fingerprint density at radius 3 is 2.00 bits per heavy atom. The third-order valence-electron chi connectivity index (χ3n) is 7.67. The van der Waals surface area contributed by atoms with Gasteiger partial charge in [-0.15, -0.1) is 12.4 Å². The Balaban J connectivity index is 0.00000529. The molecule has 5 nitrogen and oxygen atoms in total. The van der Waals surface area contributed by atoms with Crippen LogP contribution in [-0.2, 0) is 30.1 Å². The fraction of sp³-hybridized carbons (Fsp3) is 0.375. The molecule has 238 valence electrons. The highest BCUT2D eigenvalue weighted by Crippen LogP contribution is 2.37. The van der Waals surface area contributed by atoms with E-state index in [1.165, 1.54) is 4.90 Å². The highest BCUT2D eigenvalue weighted by Gasteiger charge is 2.39. The number of aryl methyl sites for hydroxylation is 2. The maximum absolute atomic E-state index is 13.6. The van der Waals surface area contributed by atoms with Gasteiger partial charge in [-0.3, -0.25) is 14.5 Å². The van der Waals surface area contributed by atoms with Crippen LogP contribution in [-0.4, -0.2) is 65.8 Å². The predicted octanol–water partition coefficient (Wildman–Crippen LogP) is 6.79. The molecule has 3 aromatic rings. The number of piperazine rings is 1. The molecule has 0 bridgehead atoms. The lowest BCUT2D eigenvalue weighted by Crippen LogP contribution is -2.58. The van der Waals surface area contributed by atoms with Crippen molar-refractivity contribution in [3.8, 4) is 0 Å². The van der Waals surface area contributed by atoms with Crippen molar-refractivity contribution < 1.29 is 35.9 Å². The monoisotopic (exact) mass is 641 g/mol. The molecule has 0 saturated carbocycles. The maximum atomic E-state index is 13.6. The molecule has 1 fully saturated rings. The SMILES string of the molecule is Cc1ccc(CC2CN(C(=O)CN(C)Cc3ccccc3)CCN2C(=O)c2cc(C(F)(F)F)cc(C(F)(F)F)c2)cc1C.Cl. The van der Waals surface area contributed by atoms with E-state index in [0.717, 1.165) is 22.3 Å². The van der Waals surface area contributed by atoms with Gasteiger partial charge in [0, 0.05) is 31.7 Å². The summed E-state index contributed by atoms with van der Waals surface area (Å²) in [6.45, 7) is 4.63. The van der Waals surface area contributed by atoms with Crippen molar-refractivity contribution in [2.24, 2.45) is 0 Å². The molecule has 1 heterocycles. The summed E-state index contributed by atoms with van der Waals surface area (Å²) < 4.78 is 81.1. The van der Waals surface area contributed by atoms with E-state index in [4.69, 9.17) is 0 Å². The number of carbonyl (C=O) groups excluding carboxylic acids is 2. The van der Waals surface area contributed by atoms with Crippen LogP contribution in [0.3, 0.4) is 0 Å². The zero-order chi connectivity index (χ0) is 31.5. The van der Waals surface area contributed by atoms with Gasteiger partial charge in [-0.25, -0.2) is 0 Å². The van der Waals surface area contributed by atoms with Gasteiger partial charge in [-0.05, 0) is 67.8 Å². The fourth-order valence-electron chi connectivity index (χ4n) is 5.25. The number of alkyl halides is 6. The molecular formula is C32H34ClF6N3O2. The van der Waals surface area contributed by atoms with E-state index < -0.39 is 41.0 Å². The smallest absolute Gasteiger partial charge is 0.338 e. The van der Waals surface area contributed by atoms with Gasteiger partial charge >= 0.3 is 12.4 Å². The maximum Gasteiger partial charge on any atom is 0.416 e. The van der Waals surface area contributed by atoms with E-state index in [1.54, 1.807) is 4.90 Å². The number of hydrogen-bond donors (Lipinski definition) is 0. The van der Waals surface area contributed by atoms with E-state index in [-0.39, 0.29) is 57.0 Å². The minimum absolute atomic E-state index is 0. The summed E-state index contributed by atoms with van der Waals surface area (Å²) in [4.78, 5) is 31.7. The zero-order valence-corrected chi connectivity index (χ0v) is 25.3. The highest BCUT2D eigenvalue weighted by molar-refractivity contribution is 5.95. The topological polar surface area (TPSA) is 43.9 Å². The van der Waals surface area contributed by atoms with Gasteiger partial charge in [-0.2, -0.15) is 26.3 Å². The van der Waals surface area contributed by atoms with E-state index in [2.05, 4.69) is 0 Å². The number of hydrogen-bond acceptors (Lipinski definition) is 3. The molecule has 0 aliphatic carbocycles. The number of nitrogens with zero attached hydrogens (tertiary/aromatic N) is 3. The standard InChI is InChI=1S/C32H33F6N3O2.ClH/c1-21-9-10-24(13-22(21)2)14-28-19-40(29(42)20-39(3)18-23-7-5-4-6-8-23)11-12-41(28)30(43)25-15-26(31(33,34)35)17-27(16-25)32(36,37)38;/h4-10,13,15-17,28H,11-12,14,18-20H2,1-3H3;1H. The van der Waals surface area contributed by atoms with Gasteiger partial charge in [0.05, 0.1) is 23.7 Å². The van der Waals surface area contributed by atoms with E-state index in [0.29, 0.717) is 18.7 Å². The summed E-state index contributed by atoms with van der Waals surface area (Å²) in [5.74, 6) is -1.13. The average molecular weight is 642 g/mol. The molecule has 12 heteroatoms. The van der Waals surface area contributed by atoms with Crippen molar-refractivity contribution in [1.82, 2.24) is 14.7 Å². The Hall–Kier alpha value is -3.57. The van der Waals surface area contributed by atoms with Crippen molar-refractivity contribution in [2.75, 3.05) is 33.2 Å². The average Bonchev–Trinajstić information content (AvgIpc) is 2.94. The Labute approximate surface area is 258 Å². The van der Waals surface area contributed by atoms with Crippen molar-refractivity contribution in [3.63, 3.8) is 0 Å². The van der Waals surface area contributed by atoms with Gasteiger partial charge in [0.2, 0.25) is 5.91 Å². The Morgan fingerprint density at radius 2 is 1.43 bits per heavy atom. The van der Waals surface area contributed by atoms with Crippen molar-refractivity contribution in [2.45, 2.75) is 45.2 Å². The van der Waals surface area contributed by atoms with Crippen LogP contribution in [0.5, 0.6) is 0 Å². The van der Waals surface area contributed by atoms with Crippen LogP contribution in [0.25, 0.3) is 0 Å². The number of carbonyl (C=O) groups is 2. The number of rotatable bonds is 7. The lowest BCUT2D eigenvalue weighted by molar-refractivity contribution is -0.143. The van der Waals surface area contributed by atoms with E-state index >= 15 is 0 Å². The molecule has 44 heavy (non-hydrogen) atoms. The molecule has 0 aromatic heterocycles. The molecule has 1 saturated heterocycles. The molecule has 2 amide bonds. The van der Waals surface area contributed by atoms with Crippen LogP contribution < -0.4 is 0 Å². The lowest BCUT2D eigenvalue weighted by Gasteiger charge is -2.42. The minimum Gasteiger partial charge on any atom is -0.338 e. The first-order valence-electron chi connectivity index (χ1n) is 13.8. The molecular weight excluding hydrogens is 608 g/mol. The quantitative estimate of drug-likeness (QED) is 0.267. The molecule has 3 aromatic carbocycles. The molecule has 1 aliphatic heterocycles. The molecule has 1 aliphatic rings. The summed E-state index contributed by atoms with van der Waals surface area (Å²) >= 11 is 0. The molecule has 0 N–H and O–H groups in total. The first-order valence-corrected chi connectivity index (χ1v) is 13.8. The van der Waals surface area contributed by atoms with Crippen molar-refractivity contribution >= 4 is 24.2 Å². The lowest BCUT2D eigenvalue weighted by atomic mass is 9.97. The largest absolute Gasteiger partial charge is 0.416 e. The highest BCUT2D eigenvalue weighted by atomic mass is 35.5. The second-order valence-electron chi connectivity index (χ2n) is 11.1. The van der Waals surface area contributed by atoms with Crippen LogP contribution in [0.2, 0.25) is 0 Å². The molecule has 0 radical (unpaired) electrons. The van der Waals surface area contributed by atoms with E-state index in [9.17, 15) is 35.9 Å². The molecule has 1 atom stereocenters. The first-order chi connectivity index (χ1) is 20.1. The second-order valence-corrected chi connectivity index (χ2v) is 11.1. The Kier molecular flexibility index (Phi) is 11.1. The van der Waals surface area contributed by atoms with Crippen LogP contribution in [0.1, 0.15) is 43.7 Å². The summed E-state index contributed by atoms with van der Waals surface area (Å²) in [7, 11) is 1.81. The second kappa shape index (κ2) is 14.0. The number of benzene rings is 3. The summed E-state index contributed by atoms with van der Waals surface area (Å²) in [6, 6.07) is 15.6. The van der Waals surface area contributed by atoms with Gasteiger partial charge in [0.25, 0.3) is 5.91 Å². The number of halogens is 7. The summed E-state index contributed by atoms with van der Waals surface area (Å²) in [5, 5.41) is 0. The van der Waals surface area contributed by atoms with Crippen molar-refractivity contribution in [3.05, 3.63) is 106 Å². The van der Waals surface area contributed by atoms with Crippen LogP contribution in [0.4, 0.5) is 26.3 Å². The molecule has 4 rings (SSSR count). The number of likely N-dealkylation sites (N-methyl/N-ethyl adjacent to an activating group) is 1. The first kappa shape index (κ1) is 34.9. The van der Waals surface area contributed by atoms with Gasteiger partial charge < -0.3 is 9.80 Å². The zero-order valence-electron chi connectivity index (χ0n) is 24.5. The van der Waals surface area contributed by atoms with Crippen LogP contribution >= 0.6 is 12.4 Å². The third kappa shape index (κ3) is 8.75. The predicted molar refractivity (Wildman–Crippen MR) is 157 cm³/mol.